The van der Waals surface area contributed by atoms with Crippen molar-refractivity contribution in [3.8, 4) is 16.3 Å². The van der Waals surface area contributed by atoms with Crippen molar-refractivity contribution in [2.45, 2.75) is 32.6 Å². The smallest absolute Gasteiger partial charge is 0.242 e. The van der Waals surface area contributed by atoms with Gasteiger partial charge < -0.3 is 5.11 Å². The number of phenols is 1. The first-order chi connectivity index (χ1) is 25.3. The van der Waals surface area contributed by atoms with Gasteiger partial charge >= 0.3 is 0 Å². The summed E-state index contributed by atoms with van der Waals surface area (Å²) in [6.07, 6.45) is 2.27. The molecule has 268 valence electrons. The summed E-state index contributed by atoms with van der Waals surface area (Å²) in [5, 5.41) is 16.9. The molecule has 13 heteroatoms. The Hall–Kier alpha value is -4.84. The van der Waals surface area contributed by atoms with Crippen LogP contribution in [0.25, 0.3) is 20.7 Å². The van der Waals surface area contributed by atoms with Crippen LogP contribution in [0.5, 0.6) is 5.75 Å². The van der Waals surface area contributed by atoms with E-state index >= 15 is 4.39 Å². The van der Waals surface area contributed by atoms with Gasteiger partial charge in [0, 0.05) is 33.8 Å². The highest BCUT2D eigenvalue weighted by molar-refractivity contribution is 7.22. The number of halogens is 3. The molecule has 1 saturated carbocycles. The molecule has 4 amide bonds. The summed E-state index contributed by atoms with van der Waals surface area (Å²) in [6.45, 7) is 3.71. The number of imide groups is 2. The van der Waals surface area contributed by atoms with Gasteiger partial charge in [-0.2, -0.15) is 5.10 Å². The van der Waals surface area contributed by atoms with Gasteiger partial charge in [0.2, 0.25) is 23.6 Å². The second-order valence-electron chi connectivity index (χ2n) is 14.6. The van der Waals surface area contributed by atoms with Crippen LogP contribution in [-0.2, 0) is 26.2 Å². The molecule has 4 heterocycles. The van der Waals surface area contributed by atoms with E-state index in [1.807, 2.05) is 31.2 Å². The third-order valence-corrected chi connectivity index (χ3v) is 13.7. The number of aryl methyl sites for hydroxylation is 2. The molecule has 2 aliphatic heterocycles. The average Bonchev–Trinajstić information content (AvgIpc) is 3.80. The molecule has 9 nitrogen and oxygen atoms in total. The number of aromatic nitrogens is 2. The predicted molar refractivity (Wildman–Crippen MR) is 200 cm³/mol. The summed E-state index contributed by atoms with van der Waals surface area (Å²) in [6, 6.07) is 17.9. The maximum atomic E-state index is 15.1. The Kier molecular flexibility index (Phi) is 7.58. The summed E-state index contributed by atoms with van der Waals surface area (Å²) in [7, 11) is 1.68. The number of carbonyl (C=O) groups is 4. The van der Waals surface area contributed by atoms with E-state index in [4.69, 9.17) is 28.3 Å². The summed E-state index contributed by atoms with van der Waals surface area (Å²) in [4.78, 5) is 61.2. The standard InChI is InChI=1S/C40H31Cl2FN4O5S/c1-18-25-15-21(42)7-13-31(25)53-35(18)29-17-32(45(3)44-29)47-37(50)27-16-26-23(34(40(27,2)39(47)52)19-4-12-30(48)28(43)14-19)10-11-24-33(26)38(51)46(36(24)49)22-8-5-20(41)6-9-22/h4-10,12-15,17,24,26-27,33-34,48H,11,16H2,1-3H3. The zero-order chi connectivity index (χ0) is 37.2. The Morgan fingerprint density at radius 3 is 2.38 bits per heavy atom. The fourth-order valence-corrected chi connectivity index (χ4v) is 10.8. The molecule has 2 aromatic heterocycles. The van der Waals surface area contributed by atoms with E-state index in [0.717, 1.165) is 20.5 Å². The number of rotatable bonds is 4. The number of benzene rings is 3. The number of hydrogen-bond donors (Lipinski definition) is 1. The predicted octanol–water partition coefficient (Wildman–Crippen LogP) is 8.20. The highest BCUT2D eigenvalue weighted by Gasteiger charge is 2.68. The maximum absolute atomic E-state index is 15.1. The Morgan fingerprint density at radius 1 is 0.906 bits per heavy atom. The number of thiophene rings is 1. The summed E-state index contributed by atoms with van der Waals surface area (Å²) >= 11 is 13.9. The van der Waals surface area contributed by atoms with Gasteiger partial charge in [-0.05, 0) is 104 Å². The van der Waals surface area contributed by atoms with Crippen LogP contribution >= 0.6 is 34.5 Å². The van der Waals surface area contributed by atoms with E-state index in [1.165, 1.54) is 38.0 Å². The van der Waals surface area contributed by atoms with Crippen LogP contribution in [0, 0.1) is 41.8 Å². The second kappa shape index (κ2) is 11.8. The minimum Gasteiger partial charge on any atom is -0.505 e. The molecule has 6 atom stereocenters. The zero-order valence-corrected chi connectivity index (χ0v) is 31.0. The molecule has 0 radical (unpaired) electrons. The van der Waals surface area contributed by atoms with Crippen molar-refractivity contribution in [2.24, 2.45) is 36.1 Å². The van der Waals surface area contributed by atoms with Crippen LogP contribution in [0.15, 0.2) is 78.4 Å². The van der Waals surface area contributed by atoms with Crippen LogP contribution in [0.1, 0.15) is 36.8 Å². The first-order valence-corrected chi connectivity index (χ1v) is 18.8. The molecule has 0 bridgehead atoms. The van der Waals surface area contributed by atoms with Gasteiger partial charge in [0.05, 0.1) is 33.7 Å². The summed E-state index contributed by atoms with van der Waals surface area (Å²) < 4.78 is 17.7. The lowest BCUT2D eigenvalue weighted by molar-refractivity contribution is -0.131. The number of aromatic hydroxyl groups is 1. The lowest BCUT2D eigenvalue weighted by Gasteiger charge is -2.49. The lowest BCUT2D eigenvalue weighted by atomic mass is 9.51. The van der Waals surface area contributed by atoms with E-state index in [2.05, 4.69) is 0 Å². The molecule has 53 heavy (non-hydrogen) atoms. The van der Waals surface area contributed by atoms with Gasteiger partial charge in [-0.1, -0.05) is 40.9 Å². The topological polar surface area (TPSA) is 113 Å². The quantitative estimate of drug-likeness (QED) is 0.146. The number of carbonyl (C=O) groups excluding carboxylic acids is 4. The second-order valence-corrected chi connectivity index (χ2v) is 16.5. The summed E-state index contributed by atoms with van der Waals surface area (Å²) in [5.74, 6) is -6.60. The van der Waals surface area contributed by atoms with E-state index < -0.39 is 58.4 Å². The zero-order valence-electron chi connectivity index (χ0n) is 28.6. The SMILES string of the molecule is Cc1c(-c2cc(N3C(=O)C4CC5C(=CCC6C(=O)N(c7ccc(Cl)cc7)C(=O)C65)C(c5ccc(O)c(F)c5)C4(C)C3=O)n(C)n2)sc2ccc(Cl)cc12. The van der Waals surface area contributed by atoms with Crippen molar-refractivity contribution in [3.63, 3.8) is 0 Å². The molecule has 3 aromatic carbocycles. The number of amides is 4. The highest BCUT2D eigenvalue weighted by atomic mass is 35.5. The largest absolute Gasteiger partial charge is 0.505 e. The number of phenolic OH excluding ortho intramolecular Hbond substituents is 1. The first kappa shape index (κ1) is 34.0. The average molecular weight is 770 g/mol. The fourth-order valence-electron chi connectivity index (χ4n) is 9.38. The monoisotopic (exact) mass is 768 g/mol. The molecular weight excluding hydrogens is 738 g/mol. The van der Waals surface area contributed by atoms with E-state index in [-0.39, 0.29) is 30.5 Å². The third-order valence-electron chi connectivity index (χ3n) is 11.9. The molecule has 0 spiro atoms. The van der Waals surface area contributed by atoms with E-state index in [0.29, 0.717) is 32.6 Å². The number of hydrogen-bond acceptors (Lipinski definition) is 7. The van der Waals surface area contributed by atoms with Crippen LogP contribution < -0.4 is 9.80 Å². The minimum atomic E-state index is -1.40. The Bertz CT molecular complexity index is 2490. The number of allylic oxidation sites excluding steroid dienone is 2. The minimum absolute atomic E-state index is 0.135. The van der Waals surface area contributed by atoms with Crippen molar-refractivity contribution in [1.82, 2.24) is 9.78 Å². The van der Waals surface area contributed by atoms with Gasteiger partial charge in [0.25, 0.3) is 0 Å². The third kappa shape index (κ3) is 4.76. The molecular formula is C40H31Cl2FN4O5S. The van der Waals surface area contributed by atoms with E-state index in [9.17, 15) is 24.3 Å². The molecule has 2 saturated heterocycles. The van der Waals surface area contributed by atoms with Crippen molar-refractivity contribution in [3.05, 3.63) is 105 Å². The van der Waals surface area contributed by atoms with Crippen LogP contribution in [0.4, 0.5) is 15.9 Å². The van der Waals surface area contributed by atoms with Crippen molar-refractivity contribution in [1.29, 1.82) is 0 Å². The maximum Gasteiger partial charge on any atom is 0.242 e. The van der Waals surface area contributed by atoms with Crippen molar-refractivity contribution < 1.29 is 28.7 Å². The lowest BCUT2D eigenvalue weighted by Crippen LogP contribution is -2.49. The van der Waals surface area contributed by atoms with Gasteiger partial charge in [-0.25, -0.2) is 9.29 Å². The fraction of sp³-hybridized carbons (Fsp3) is 0.275. The Labute approximate surface area is 317 Å². The number of fused-ring (bicyclic) bond motifs is 5. The van der Waals surface area contributed by atoms with Gasteiger partial charge in [-0.3, -0.25) is 28.8 Å². The van der Waals surface area contributed by atoms with E-state index in [1.54, 1.807) is 50.4 Å². The molecule has 4 aliphatic rings. The van der Waals surface area contributed by atoms with Crippen LogP contribution in [0.3, 0.4) is 0 Å². The number of nitrogens with zero attached hydrogens (tertiary/aromatic N) is 4. The molecule has 5 aromatic rings. The molecule has 2 aliphatic carbocycles. The highest BCUT2D eigenvalue weighted by Crippen LogP contribution is 2.64. The molecule has 9 rings (SSSR count). The number of anilines is 2. The van der Waals surface area contributed by atoms with Crippen molar-refractivity contribution >= 4 is 79.8 Å². The Balaban J connectivity index is 1.15. The van der Waals surface area contributed by atoms with Gasteiger partial charge in [0.1, 0.15) is 11.5 Å². The normalized spacial score (nSPS) is 26.7. The molecule has 3 fully saturated rings. The molecule has 1 N–H and O–H groups in total. The van der Waals surface area contributed by atoms with Crippen LogP contribution in [-0.4, -0.2) is 38.5 Å². The van der Waals surface area contributed by atoms with Gasteiger partial charge in [-0.15, -0.1) is 11.3 Å². The Morgan fingerprint density at radius 2 is 1.64 bits per heavy atom. The van der Waals surface area contributed by atoms with Crippen molar-refractivity contribution in [2.75, 3.05) is 9.80 Å². The first-order valence-electron chi connectivity index (χ1n) is 17.2. The summed E-state index contributed by atoms with van der Waals surface area (Å²) in [5.41, 5.74) is 1.67. The van der Waals surface area contributed by atoms with Gasteiger partial charge in [0.15, 0.2) is 11.6 Å². The van der Waals surface area contributed by atoms with Crippen LogP contribution in [0.2, 0.25) is 10.0 Å². The molecule has 6 unspecified atom stereocenters.